The maximum Gasteiger partial charge on any atom is 0.251 e. The minimum absolute atomic E-state index is 0. The maximum atomic E-state index is 11.7. The number of nitrogens with one attached hydrogen (secondary N) is 1. The Bertz CT molecular complexity index is 344. The number of carbonyl (C=O) groups is 1. The number of rotatable bonds is 2. The number of likely N-dealkylation sites (N-methyl/N-ethyl adjacent to an activating group) is 1. The predicted octanol–water partition coefficient (Wildman–Crippen LogP) is 0.761. The predicted molar refractivity (Wildman–Crippen MR) is 59.7 cm³/mol. The fraction of sp³-hybridized carbons (Fsp3) is 0.455. The van der Waals surface area contributed by atoms with E-state index in [-0.39, 0.29) is 13.4 Å². The van der Waals surface area contributed by atoms with Crippen molar-refractivity contribution in [2.45, 2.75) is 12.5 Å². The van der Waals surface area contributed by atoms with E-state index in [1.165, 1.54) is 0 Å². The van der Waals surface area contributed by atoms with Crippen LogP contribution in [0, 0.1) is 0 Å². The summed E-state index contributed by atoms with van der Waals surface area (Å²) < 4.78 is 0. The first-order valence-corrected chi connectivity index (χ1v) is 5.15. The van der Waals surface area contributed by atoms with E-state index in [2.05, 4.69) is 22.2 Å². The molecule has 1 amide bonds. The van der Waals surface area contributed by atoms with Gasteiger partial charge in [0.15, 0.2) is 0 Å². The minimum atomic E-state index is -0.00213. The highest BCUT2D eigenvalue weighted by Crippen LogP contribution is 2.07. The second-order valence-corrected chi connectivity index (χ2v) is 3.96. The number of nitrogens with zero attached hydrogens (tertiary/aromatic N) is 2. The van der Waals surface area contributed by atoms with Gasteiger partial charge in [0.2, 0.25) is 0 Å². The Hall–Kier alpha value is -1.42. The Morgan fingerprint density at radius 2 is 2.33 bits per heavy atom. The zero-order chi connectivity index (χ0) is 10.7. The van der Waals surface area contributed by atoms with Crippen LogP contribution >= 0.6 is 0 Å². The number of amides is 1. The Morgan fingerprint density at radius 1 is 1.60 bits per heavy atom. The van der Waals surface area contributed by atoms with E-state index in [4.69, 9.17) is 0 Å². The van der Waals surface area contributed by atoms with Gasteiger partial charge in [0, 0.05) is 32.0 Å². The molecule has 1 aromatic heterocycles. The van der Waals surface area contributed by atoms with Crippen molar-refractivity contribution in [1.29, 1.82) is 0 Å². The number of hydrogen-bond acceptors (Lipinski definition) is 3. The molecule has 0 aromatic carbocycles. The summed E-state index contributed by atoms with van der Waals surface area (Å²) in [4.78, 5) is 17.9. The summed E-state index contributed by atoms with van der Waals surface area (Å²) in [5.41, 5.74) is 0.680. The van der Waals surface area contributed by atoms with Gasteiger partial charge in [0.05, 0.1) is 0 Å². The van der Waals surface area contributed by atoms with E-state index in [9.17, 15) is 4.79 Å². The zero-order valence-electron chi connectivity index (χ0n) is 8.81. The summed E-state index contributed by atoms with van der Waals surface area (Å²) in [7, 11) is 2.07. The third kappa shape index (κ3) is 2.53. The average molecular weight is 207 g/mol. The second kappa shape index (κ2) is 4.40. The Labute approximate surface area is 90.8 Å². The molecule has 0 aliphatic carbocycles. The van der Waals surface area contributed by atoms with Gasteiger partial charge in [0.1, 0.15) is 0 Å². The maximum absolute atomic E-state index is 11.7. The lowest BCUT2D eigenvalue weighted by Crippen LogP contribution is -2.36. The second-order valence-electron chi connectivity index (χ2n) is 3.96. The van der Waals surface area contributed by atoms with Crippen molar-refractivity contribution in [2.75, 3.05) is 20.1 Å². The van der Waals surface area contributed by atoms with Gasteiger partial charge in [0.25, 0.3) is 5.91 Å². The molecule has 1 aliphatic rings. The summed E-state index contributed by atoms with van der Waals surface area (Å²) in [5.74, 6) is -0.00213. The van der Waals surface area contributed by atoms with Crippen molar-refractivity contribution in [3.63, 3.8) is 0 Å². The molecule has 1 fully saturated rings. The Kier molecular flexibility index (Phi) is 2.97. The van der Waals surface area contributed by atoms with Crippen LogP contribution in [-0.4, -0.2) is 42.0 Å². The van der Waals surface area contributed by atoms with E-state index in [1.54, 1.807) is 24.5 Å². The quantitative estimate of drug-likeness (QED) is 0.778. The smallest absolute Gasteiger partial charge is 0.251 e. The normalized spacial score (nSPS) is 21.5. The van der Waals surface area contributed by atoms with Gasteiger partial charge in [-0.15, -0.1) is 0 Å². The van der Waals surface area contributed by atoms with Gasteiger partial charge >= 0.3 is 0 Å². The number of pyridine rings is 1. The molecule has 1 N–H and O–H groups in total. The molecule has 0 unspecified atom stereocenters. The molecule has 0 saturated carbocycles. The van der Waals surface area contributed by atoms with Crippen LogP contribution in [0.5, 0.6) is 0 Å². The Morgan fingerprint density at radius 3 is 2.93 bits per heavy atom. The molecule has 0 radical (unpaired) electrons. The fourth-order valence-corrected chi connectivity index (χ4v) is 1.82. The lowest BCUT2D eigenvalue weighted by Gasteiger charge is -2.12. The SMILES string of the molecule is CN1CC[C@@H](NC(=O)c2ccncc2)C1.[HH]. The van der Waals surface area contributed by atoms with Gasteiger partial charge in [-0.3, -0.25) is 9.78 Å². The highest BCUT2D eigenvalue weighted by molar-refractivity contribution is 5.94. The van der Waals surface area contributed by atoms with Gasteiger partial charge in [-0.05, 0) is 32.1 Å². The standard InChI is InChI=1S/C11H15N3O.H2/c1-14-7-4-10(8-14)13-11(15)9-2-5-12-6-3-9;/h2-3,5-6,10H,4,7-8H2,1H3,(H,13,15);1H/t10-;/m1./s1. The van der Waals surface area contributed by atoms with Gasteiger partial charge in [-0.2, -0.15) is 0 Å². The summed E-state index contributed by atoms with van der Waals surface area (Å²) in [6, 6.07) is 3.75. The molecular weight excluding hydrogens is 190 g/mol. The largest absolute Gasteiger partial charge is 0.348 e. The lowest BCUT2D eigenvalue weighted by molar-refractivity contribution is 0.0938. The monoisotopic (exact) mass is 207 g/mol. The molecule has 4 nitrogen and oxygen atoms in total. The summed E-state index contributed by atoms with van der Waals surface area (Å²) in [6.07, 6.45) is 4.30. The Balaban J connectivity index is 0.00000128. The lowest BCUT2D eigenvalue weighted by atomic mass is 10.2. The van der Waals surface area contributed by atoms with Crippen molar-refractivity contribution < 1.29 is 6.22 Å². The van der Waals surface area contributed by atoms with Crippen molar-refractivity contribution >= 4 is 5.91 Å². The van der Waals surface area contributed by atoms with Crippen molar-refractivity contribution in [3.05, 3.63) is 30.1 Å². The van der Waals surface area contributed by atoms with E-state index < -0.39 is 0 Å². The number of hydrogen-bond donors (Lipinski definition) is 1. The first kappa shape index (κ1) is 10.1. The third-order valence-electron chi connectivity index (χ3n) is 2.67. The van der Waals surface area contributed by atoms with Crippen LogP contribution < -0.4 is 5.32 Å². The van der Waals surface area contributed by atoms with Crippen LogP contribution in [-0.2, 0) is 0 Å². The van der Waals surface area contributed by atoms with Crippen LogP contribution in [0.15, 0.2) is 24.5 Å². The highest BCUT2D eigenvalue weighted by Gasteiger charge is 2.21. The van der Waals surface area contributed by atoms with Crippen LogP contribution in [0.1, 0.15) is 18.2 Å². The van der Waals surface area contributed by atoms with Crippen LogP contribution in [0.3, 0.4) is 0 Å². The molecule has 4 heteroatoms. The molecule has 15 heavy (non-hydrogen) atoms. The zero-order valence-corrected chi connectivity index (χ0v) is 8.81. The molecule has 2 heterocycles. The van der Waals surface area contributed by atoms with Crippen molar-refractivity contribution in [2.24, 2.45) is 0 Å². The van der Waals surface area contributed by atoms with E-state index in [0.29, 0.717) is 5.56 Å². The topological polar surface area (TPSA) is 45.2 Å². The molecule has 82 valence electrons. The average Bonchev–Trinajstić information content (AvgIpc) is 2.65. The first-order valence-electron chi connectivity index (χ1n) is 5.15. The van der Waals surface area contributed by atoms with Gasteiger partial charge in [-0.25, -0.2) is 0 Å². The molecule has 1 aromatic rings. The molecule has 1 aliphatic heterocycles. The van der Waals surface area contributed by atoms with Crippen LogP contribution in [0.25, 0.3) is 0 Å². The number of carbonyl (C=O) groups excluding carboxylic acids is 1. The third-order valence-corrected chi connectivity index (χ3v) is 2.67. The molecule has 0 spiro atoms. The summed E-state index contributed by atoms with van der Waals surface area (Å²) in [5, 5.41) is 3.02. The van der Waals surface area contributed by atoms with Gasteiger partial charge in [-0.1, -0.05) is 0 Å². The van der Waals surface area contributed by atoms with Gasteiger partial charge < -0.3 is 10.2 Å². The first-order chi connectivity index (χ1) is 7.25. The van der Waals surface area contributed by atoms with E-state index >= 15 is 0 Å². The van der Waals surface area contributed by atoms with Crippen molar-refractivity contribution in [1.82, 2.24) is 15.2 Å². The molecule has 1 saturated heterocycles. The van der Waals surface area contributed by atoms with Crippen molar-refractivity contribution in [3.8, 4) is 0 Å². The van der Waals surface area contributed by atoms with Crippen LogP contribution in [0.4, 0.5) is 0 Å². The molecule has 2 rings (SSSR count). The molecule has 1 atom stereocenters. The number of likely N-dealkylation sites (tertiary alicyclic amines) is 1. The van der Waals surface area contributed by atoms with E-state index in [0.717, 1.165) is 19.5 Å². The number of aromatic nitrogens is 1. The summed E-state index contributed by atoms with van der Waals surface area (Å²) in [6.45, 7) is 2.00. The summed E-state index contributed by atoms with van der Waals surface area (Å²) >= 11 is 0. The highest BCUT2D eigenvalue weighted by atomic mass is 16.1. The molecular formula is C11H17N3O. The van der Waals surface area contributed by atoms with Crippen LogP contribution in [0.2, 0.25) is 0 Å². The minimum Gasteiger partial charge on any atom is -0.348 e. The van der Waals surface area contributed by atoms with E-state index in [1.807, 2.05) is 0 Å². The molecule has 0 bridgehead atoms. The fourth-order valence-electron chi connectivity index (χ4n) is 1.82.